The zero-order valence-corrected chi connectivity index (χ0v) is 10.8. The highest BCUT2D eigenvalue weighted by Crippen LogP contribution is 2.19. The van der Waals surface area contributed by atoms with Gasteiger partial charge in [0.15, 0.2) is 0 Å². The number of hydrogen-bond acceptors (Lipinski definition) is 3. The fraction of sp³-hybridized carbons (Fsp3) is 0.400. The van der Waals surface area contributed by atoms with Gasteiger partial charge in [0.2, 0.25) is 0 Å². The van der Waals surface area contributed by atoms with E-state index >= 15 is 0 Å². The van der Waals surface area contributed by atoms with Crippen molar-refractivity contribution in [3.8, 4) is 0 Å². The quantitative estimate of drug-likeness (QED) is 0.896. The Morgan fingerprint density at radius 2 is 2.00 bits per heavy atom. The summed E-state index contributed by atoms with van der Waals surface area (Å²) in [5.74, 6) is 1.03. The van der Waals surface area contributed by atoms with E-state index in [0.29, 0.717) is 18.3 Å². The molecule has 1 aliphatic heterocycles. The molecule has 0 unspecified atom stereocenters. The summed E-state index contributed by atoms with van der Waals surface area (Å²) in [4.78, 5) is 12.5. The zero-order valence-electron chi connectivity index (χ0n) is 10.8. The molecule has 4 heteroatoms. The molecule has 0 amide bonds. The van der Waals surface area contributed by atoms with Gasteiger partial charge in [0.05, 0.1) is 0 Å². The Labute approximate surface area is 111 Å². The lowest BCUT2D eigenvalue weighted by Crippen LogP contribution is -2.29. The maximum Gasteiger partial charge on any atom is 0.259 e. The average Bonchev–Trinajstić information content (AvgIpc) is 2.45. The van der Waals surface area contributed by atoms with Crippen molar-refractivity contribution in [2.75, 3.05) is 18.9 Å². The average molecular weight is 258 g/mol. The number of aromatic nitrogens is 1. The molecule has 4 nitrogen and oxygen atoms in total. The first kappa shape index (κ1) is 12.2. The summed E-state index contributed by atoms with van der Waals surface area (Å²) >= 11 is 0. The number of benzene rings is 1. The molecule has 0 spiro atoms. The van der Waals surface area contributed by atoms with Crippen molar-refractivity contribution in [1.82, 2.24) is 4.57 Å². The predicted molar refractivity (Wildman–Crippen MR) is 76.2 cm³/mol. The first-order valence-electron chi connectivity index (χ1n) is 6.71. The number of ether oxygens (including phenoxy) is 1. The third-order valence-electron chi connectivity index (χ3n) is 3.83. The lowest BCUT2D eigenvalue weighted by atomic mass is 10.00. The van der Waals surface area contributed by atoms with Gasteiger partial charge in [0, 0.05) is 25.1 Å². The lowest BCUT2D eigenvalue weighted by molar-refractivity contribution is 0.0612. The second-order valence-corrected chi connectivity index (χ2v) is 5.13. The molecule has 3 rings (SSSR count). The Kier molecular flexibility index (Phi) is 3.25. The molecule has 100 valence electrons. The standard InChI is InChI=1S/C15H18N2O2/c16-14-9-12-3-1-2-4-13(12)15(18)17(14)10-11-5-7-19-8-6-11/h1-4,9,11H,5-8,10,16H2. The van der Waals surface area contributed by atoms with Crippen molar-refractivity contribution in [2.45, 2.75) is 19.4 Å². The van der Waals surface area contributed by atoms with E-state index < -0.39 is 0 Å². The van der Waals surface area contributed by atoms with Gasteiger partial charge in [-0.3, -0.25) is 9.36 Å². The normalized spacial score (nSPS) is 16.8. The minimum atomic E-state index is 0.0158. The topological polar surface area (TPSA) is 57.2 Å². The second-order valence-electron chi connectivity index (χ2n) is 5.13. The molecule has 1 aromatic carbocycles. The summed E-state index contributed by atoms with van der Waals surface area (Å²) in [7, 11) is 0. The van der Waals surface area contributed by atoms with E-state index in [0.717, 1.165) is 36.8 Å². The summed E-state index contributed by atoms with van der Waals surface area (Å²) in [5.41, 5.74) is 6.05. The van der Waals surface area contributed by atoms with Crippen LogP contribution >= 0.6 is 0 Å². The van der Waals surface area contributed by atoms with Gasteiger partial charge in [0.25, 0.3) is 5.56 Å². The van der Waals surface area contributed by atoms with E-state index in [9.17, 15) is 4.79 Å². The third kappa shape index (κ3) is 2.36. The van der Waals surface area contributed by atoms with Gasteiger partial charge in [0.1, 0.15) is 5.82 Å². The van der Waals surface area contributed by atoms with Gasteiger partial charge in [-0.1, -0.05) is 18.2 Å². The van der Waals surface area contributed by atoms with Crippen LogP contribution < -0.4 is 11.3 Å². The fourth-order valence-electron chi connectivity index (χ4n) is 2.69. The van der Waals surface area contributed by atoms with Gasteiger partial charge < -0.3 is 10.5 Å². The van der Waals surface area contributed by atoms with Crippen LogP contribution in [0, 0.1) is 5.92 Å². The Balaban J connectivity index is 2.00. The highest BCUT2D eigenvalue weighted by Gasteiger charge is 2.16. The van der Waals surface area contributed by atoms with Crippen LogP contribution in [0.4, 0.5) is 5.82 Å². The van der Waals surface area contributed by atoms with Crippen LogP contribution in [0.25, 0.3) is 10.8 Å². The van der Waals surface area contributed by atoms with Crippen LogP contribution in [-0.2, 0) is 11.3 Å². The summed E-state index contributed by atoms with van der Waals surface area (Å²) in [6, 6.07) is 9.47. The van der Waals surface area contributed by atoms with Gasteiger partial charge >= 0.3 is 0 Å². The smallest absolute Gasteiger partial charge is 0.259 e. The molecule has 0 atom stereocenters. The van der Waals surface area contributed by atoms with Crippen molar-refractivity contribution in [1.29, 1.82) is 0 Å². The van der Waals surface area contributed by atoms with Crippen LogP contribution in [0.2, 0.25) is 0 Å². The zero-order chi connectivity index (χ0) is 13.2. The van der Waals surface area contributed by atoms with Crippen molar-refractivity contribution in [2.24, 2.45) is 5.92 Å². The van der Waals surface area contributed by atoms with E-state index in [1.54, 1.807) is 4.57 Å². The van der Waals surface area contributed by atoms with E-state index in [2.05, 4.69) is 0 Å². The summed E-state index contributed by atoms with van der Waals surface area (Å²) in [6.45, 7) is 2.26. The highest BCUT2D eigenvalue weighted by molar-refractivity contribution is 5.83. The first-order chi connectivity index (χ1) is 9.25. The van der Waals surface area contributed by atoms with E-state index in [4.69, 9.17) is 10.5 Å². The Morgan fingerprint density at radius 1 is 1.26 bits per heavy atom. The van der Waals surface area contributed by atoms with Crippen molar-refractivity contribution < 1.29 is 4.74 Å². The van der Waals surface area contributed by atoms with E-state index in [-0.39, 0.29) is 5.56 Å². The fourth-order valence-corrected chi connectivity index (χ4v) is 2.69. The number of nitrogens with two attached hydrogens (primary N) is 1. The molecule has 19 heavy (non-hydrogen) atoms. The molecule has 0 aliphatic carbocycles. The first-order valence-corrected chi connectivity index (χ1v) is 6.71. The van der Waals surface area contributed by atoms with Gasteiger partial charge in [-0.05, 0) is 36.3 Å². The highest BCUT2D eigenvalue weighted by atomic mass is 16.5. The maximum absolute atomic E-state index is 12.5. The molecular formula is C15H18N2O2. The Hall–Kier alpha value is -1.81. The van der Waals surface area contributed by atoms with Crippen LogP contribution in [-0.4, -0.2) is 17.8 Å². The summed E-state index contributed by atoms with van der Waals surface area (Å²) < 4.78 is 7.06. The third-order valence-corrected chi connectivity index (χ3v) is 3.83. The molecule has 2 aromatic rings. The van der Waals surface area contributed by atoms with Crippen molar-refractivity contribution in [3.05, 3.63) is 40.7 Å². The maximum atomic E-state index is 12.5. The molecular weight excluding hydrogens is 240 g/mol. The minimum absolute atomic E-state index is 0.0158. The van der Waals surface area contributed by atoms with Crippen molar-refractivity contribution in [3.63, 3.8) is 0 Å². The summed E-state index contributed by atoms with van der Waals surface area (Å²) in [6.07, 6.45) is 2.00. The molecule has 1 saturated heterocycles. The number of anilines is 1. The molecule has 2 heterocycles. The number of hydrogen-bond donors (Lipinski definition) is 1. The monoisotopic (exact) mass is 258 g/mol. The Morgan fingerprint density at radius 3 is 2.79 bits per heavy atom. The van der Waals surface area contributed by atoms with Gasteiger partial charge in [-0.15, -0.1) is 0 Å². The van der Waals surface area contributed by atoms with Crippen LogP contribution in [0.1, 0.15) is 12.8 Å². The van der Waals surface area contributed by atoms with Crippen LogP contribution in [0.3, 0.4) is 0 Å². The summed E-state index contributed by atoms with van der Waals surface area (Å²) in [5, 5.41) is 1.65. The van der Waals surface area contributed by atoms with Gasteiger partial charge in [-0.2, -0.15) is 0 Å². The Bertz CT molecular complexity index is 642. The lowest BCUT2D eigenvalue weighted by Gasteiger charge is -2.23. The van der Waals surface area contributed by atoms with Crippen LogP contribution in [0.5, 0.6) is 0 Å². The molecule has 1 fully saturated rings. The SMILES string of the molecule is Nc1cc2ccccc2c(=O)n1CC1CCOCC1. The molecule has 0 radical (unpaired) electrons. The number of pyridine rings is 1. The molecule has 0 bridgehead atoms. The minimum Gasteiger partial charge on any atom is -0.385 e. The number of nitrogen functional groups attached to an aromatic ring is 1. The van der Waals surface area contributed by atoms with E-state index in [1.807, 2.05) is 30.3 Å². The molecule has 2 N–H and O–H groups in total. The second kappa shape index (κ2) is 5.05. The van der Waals surface area contributed by atoms with Gasteiger partial charge in [-0.25, -0.2) is 0 Å². The number of rotatable bonds is 2. The van der Waals surface area contributed by atoms with Crippen molar-refractivity contribution >= 4 is 16.6 Å². The van der Waals surface area contributed by atoms with E-state index in [1.165, 1.54) is 0 Å². The molecule has 1 aromatic heterocycles. The van der Waals surface area contributed by atoms with Crippen LogP contribution in [0.15, 0.2) is 35.1 Å². The largest absolute Gasteiger partial charge is 0.385 e. The number of fused-ring (bicyclic) bond motifs is 1. The molecule has 1 aliphatic rings. The number of nitrogens with zero attached hydrogens (tertiary/aromatic N) is 1. The molecule has 0 saturated carbocycles. The predicted octanol–water partition coefficient (Wildman–Crippen LogP) is 2.01.